The normalized spacial score (nSPS) is 20.6. The Morgan fingerprint density at radius 2 is 1.92 bits per heavy atom. The number of carbonyl (C=O) groups excluding carboxylic acids is 4. The summed E-state index contributed by atoms with van der Waals surface area (Å²) in [6.45, 7) is 8.88. The van der Waals surface area contributed by atoms with Gasteiger partial charge in [0, 0.05) is 42.8 Å². The number of allylic oxidation sites excluding steroid dienone is 1. The van der Waals surface area contributed by atoms with E-state index in [1.165, 1.54) is 0 Å². The highest BCUT2D eigenvalue weighted by Crippen LogP contribution is 2.33. The van der Waals surface area contributed by atoms with Crippen molar-refractivity contribution in [3.05, 3.63) is 59.6 Å². The van der Waals surface area contributed by atoms with E-state index in [4.69, 9.17) is 5.73 Å². The Labute approximate surface area is 221 Å². The molecule has 4 amide bonds. The summed E-state index contributed by atoms with van der Waals surface area (Å²) in [5, 5.41) is 10.4. The Bertz CT molecular complexity index is 1320. The van der Waals surface area contributed by atoms with Crippen LogP contribution in [-0.2, 0) is 16.1 Å². The van der Waals surface area contributed by atoms with Crippen LogP contribution in [0.1, 0.15) is 71.9 Å². The van der Waals surface area contributed by atoms with Gasteiger partial charge in [-0.1, -0.05) is 12.6 Å². The molecule has 3 aliphatic heterocycles. The highest BCUT2D eigenvalue weighted by atomic mass is 16.2. The van der Waals surface area contributed by atoms with Crippen molar-refractivity contribution in [2.75, 3.05) is 18.4 Å². The molecule has 0 bridgehead atoms. The van der Waals surface area contributed by atoms with Gasteiger partial charge >= 0.3 is 0 Å². The van der Waals surface area contributed by atoms with E-state index in [2.05, 4.69) is 22.3 Å². The van der Waals surface area contributed by atoms with Crippen molar-refractivity contribution in [2.45, 2.75) is 63.7 Å². The van der Waals surface area contributed by atoms with Gasteiger partial charge in [-0.05, 0) is 51.7 Å². The number of hydrogen-bond acceptors (Lipinski definition) is 7. The van der Waals surface area contributed by atoms with Crippen LogP contribution in [0.15, 0.2) is 42.9 Å². The van der Waals surface area contributed by atoms with Crippen LogP contribution in [-0.4, -0.2) is 67.9 Å². The van der Waals surface area contributed by atoms with Gasteiger partial charge in [-0.2, -0.15) is 5.10 Å². The number of likely N-dealkylation sites (tertiary alicyclic amines) is 1. The zero-order valence-electron chi connectivity index (χ0n) is 21.7. The summed E-state index contributed by atoms with van der Waals surface area (Å²) in [4.78, 5) is 54.2. The van der Waals surface area contributed by atoms with E-state index in [0.29, 0.717) is 43.9 Å². The van der Waals surface area contributed by atoms with Gasteiger partial charge in [0.25, 0.3) is 11.8 Å². The van der Waals surface area contributed by atoms with Crippen molar-refractivity contribution in [1.29, 1.82) is 0 Å². The molecule has 200 valence electrons. The first-order chi connectivity index (χ1) is 18.0. The molecule has 5 rings (SSSR count). The van der Waals surface area contributed by atoms with E-state index in [1.54, 1.807) is 38.2 Å². The molecule has 0 radical (unpaired) electrons. The number of hydrogen-bond donors (Lipinski definition) is 3. The summed E-state index contributed by atoms with van der Waals surface area (Å²) >= 11 is 0. The van der Waals surface area contributed by atoms with E-state index < -0.39 is 23.4 Å². The van der Waals surface area contributed by atoms with E-state index in [0.717, 1.165) is 23.3 Å². The quantitative estimate of drug-likeness (QED) is 0.494. The van der Waals surface area contributed by atoms with E-state index in [9.17, 15) is 19.2 Å². The van der Waals surface area contributed by atoms with Crippen molar-refractivity contribution in [3.63, 3.8) is 0 Å². The molecule has 1 aromatic heterocycles. The second-order valence-electron chi connectivity index (χ2n) is 10.8. The molecule has 4 heterocycles. The largest absolute Gasteiger partial charge is 0.380 e. The minimum atomic E-state index is -0.879. The van der Waals surface area contributed by atoms with Gasteiger partial charge < -0.3 is 21.3 Å². The van der Waals surface area contributed by atoms with Gasteiger partial charge in [-0.3, -0.25) is 28.8 Å². The fourth-order valence-corrected chi connectivity index (χ4v) is 5.35. The third-order valence-corrected chi connectivity index (χ3v) is 7.40. The van der Waals surface area contributed by atoms with Crippen LogP contribution in [0.5, 0.6) is 0 Å². The maximum atomic E-state index is 13.3. The summed E-state index contributed by atoms with van der Waals surface area (Å²) in [5.41, 5.74) is 7.70. The van der Waals surface area contributed by atoms with E-state index >= 15 is 0 Å². The van der Waals surface area contributed by atoms with Crippen molar-refractivity contribution in [1.82, 2.24) is 24.9 Å². The van der Waals surface area contributed by atoms with Crippen molar-refractivity contribution in [2.24, 2.45) is 5.73 Å². The molecular formula is C27H33N7O4. The number of nitrogens with one attached hydrogen (secondary N) is 2. The molecule has 2 saturated heterocycles. The third-order valence-electron chi connectivity index (χ3n) is 7.40. The zero-order chi connectivity index (χ0) is 27.2. The molecular weight excluding hydrogens is 486 g/mol. The van der Waals surface area contributed by atoms with Crippen LogP contribution in [0.25, 0.3) is 0 Å². The Morgan fingerprint density at radius 3 is 2.61 bits per heavy atom. The minimum Gasteiger partial charge on any atom is -0.380 e. The molecule has 11 heteroatoms. The monoisotopic (exact) mass is 519 g/mol. The molecule has 2 fully saturated rings. The number of piperidine rings is 2. The number of imide groups is 1. The molecule has 1 unspecified atom stereocenters. The van der Waals surface area contributed by atoms with Crippen molar-refractivity contribution in [3.8, 4) is 0 Å². The predicted octanol–water partition coefficient (Wildman–Crippen LogP) is 1.78. The van der Waals surface area contributed by atoms with E-state index in [-0.39, 0.29) is 29.0 Å². The SMILES string of the molecule is C=C1CCC(N2C(=O)c3cccc(NCc4cnn(C5CCN(C(=O)C(C)(C)N)CC5)c4)c3C2=O)C(=O)N1. The maximum Gasteiger partial charge on any atom is 0.264 e. The second-order valence-corrected chi connectivity index (χ2v) is 10.8. The lowest BCUT2D eigenvalue weighted by Gasteiger charge is -2.35. The second kappa shape index (κ2) is 9.71. The summed E-state index contributed by atoms with van der Waals surface area (Å²) in [7, 11) is 0. The predicted molar refractivity (Wildman–Crippen MR) is 140 cm³/mol. The first-order valence-corrected chi connectivity index (χ1v) is 12.9. The van der Waals surface area contributed by atoms with E-state index in [1.807, 2.05) is 15.8 Å². The summed E-state index contributed by atoms with van der Waals surface area (Å²) in [5.74, 6) is -1.37. The number of carbonyl (C=O) groups is 4. The lowest BCUT2D eigenvalue weighted by Crippen LogP contribution is -2.53. The number of nitrogens with two attached hydrogens (primary N) is 1. The van der Waals surface area contributed by atoms with Crippen molar-refractivity contribution >= 4 is 29.3 Å². The van der Waals surface area contributed by atoms with Crippen LogP contribution < -0.4 is 16.4 Å². The number of aromatic nitrogens is 2. The molecule has 38 heavy (non-hydrogen) atoms. The lowest BCUT2D eigenvalue weighted by molar-refractivity contribution is -0.137. The smallest absolute Gasteiger partial charge is 0.264 e. The first-order valence-electron chi connectivity index (χ1n) is 12.9. The minimum absolute atomic E-state index is 0.0436. The number of benzene rings is 1. The van der Waals surface area contributed by atoms with Gasteiger partial charge in [-0.25, -0.2) is 0 Å². The molecule has 0 spiro atoms. The fourth-order valence-electron chi connectivity index (χ4n) is 5.35. The van der Waals surface area contributed by atoms with Crippen LogP contribution in [0, 0.1) is 0 Å². The Morgan fingerprint density at radius 1 is 1.18 bits per heavy atom. The molecule has 0 saturated carbocycles. The molecule has 2 aromatic rings. The van der Waals surface area contributed by atoms with Gasteiger partial charge in [0.1, 0.15) is 6.04 Å². The maximum absolute atomic E-state index is 13.3. The molecule has 1 atom stereocenters. The van der Waals surface area contributed by atoms with Gasteiger partial charge in [-0.15, -0.1) is 0 Å². The number of rotatable bonds is 6. The lowest BCUT2D eigenvalue weighted by atomic mass is 10.0. The van der Waals surface area contributed by atoms with Gasteiger partial charge in [0.2, 0.25) is 11.8 Å². The number of amides is 4. The van der Waals surface area contributed by atoms with Crippen molar-refractivity contribution < 1.29 is 19.2 Å². The zero-order valence-corrected chi connectivity index (χ0v) is 21.7. The standard InChI is InChI=1S/C27H33N7O4/c1-16-7-8-21(23(35)31-16)34-24(36)19-5-4-6-20(22(19)25(34)37)29-13-17-14-30-33(15-17)18-9-11-32(12-10-18)26(38)27(2,3)28/h4-6,14-15,18,21,29H,1,7-13,28H2,2-3H3,(H,31,35). The summed E-state index contributed by atoms with van der Waals surface area (Å²) < 4.78 is 1.92. The molecule has 4 N–H and O–H groups in total. The summed E-state index contributed by atoms with van der Waals surface area (Å²) in [6, 6.07) is 4.42. The Kier molecular flexibility index (Phi) is 6.56. The van der Waals surface area contributed by atoms with Gasteiger partial charge in [0.05, 0.1) is 28.9 Å². The van der Waals surface area contributed by atoms with Gasteiger partial charge in [0.15, 0.2) is 0 Å². The summed E-state index contributed by atoms with van der Waals surface area (Å²) in [6.07, 6.45) is 6.18. The van der Waals surface area contributed by atoms with Crippen LogP contribution in [0.4, 0.5) is 5.69 Å². The Hall–Kier alpha value is -3.99. The highest BCUT2D eigenvalue weighted by molar-refractivity contribution is 6.25. The molecule has 0 aliphatic carbocycles. The van der Waals surface area contributed by atoms with Crippen LogP contribution in [0.2, 0.25) is 0 Å². The fraction of sp³-hybridized carbons (Fsp3) is 0.444. The molecule has 3 aliphatic rings. The Balaban J connectivity index is 1.24. The first kappa shape index (κ1) is 25.7. The molecule has 11 nitrogen and oxygen atoms in total. The average molecular weight is 520 g/mol. The average Bonchev–Trinajstić information content (AvgIpc) is 3.45. The number of fused-ring (bicyclic) bond motifs is 1. The third kappa shape index (κ3) is 4.69. The highest BCUT2D eigenvalue weighted by Gasteiger charge is 2.45. The molecule has 1 aromatic carbocycles. The topological polar surface area (TPSA) is 143 Å². The van der Waals surface area contributed by atoms with Crippen LogP contribution in [0.3, 0.4) is 0 Å². The number of anilines is 1. The van der Waals surface area contributed by atoms with Crippen LogP contribution >= 0.6 is 0 Å². The number of nitrogens with zero attached hydrogens (tertiary/aromatic N) is 4.